The van der Waals surface area contributed by atoms with Crippen LogP contribution in [-0.4, -0.2) is 17.6 Å². The number of halogens is 1. The van der Waals surface area contributed by atoms with Crippen molar-refractivity contribution in [3.63, 3.8) is 0 Å². The average molecular weight is 272 g/mol. The summed E-state index contributed by atoms with van der Waals surface area (Å²) in [6.07, 6.45) is 3.14. The van der Waals surface area contributed by atoms with Crippen LogP contribution in [-0.2, 0) is 3.07 Å². The van der Waals surface area contributed by atoms with Gasteiger partial charge in [0.25, 0.3) is 0 Å². The van der Waals surface area contributed by atoms with Gasteiger partial charge in [-0.15, -0.1) is 0 Å². The van der Waals surface area contributed by atoms with E-state index in [1.807, 2.05) is 23.0 Å². The molecule has 1 atom stereocenters. The lowest BCUT2D eigenvalue weighted by atomic mass is 9.97. The number of hydrogen-bond donors (Lipinski definition) is 0. The third-order valence-corrected chi connectivity index (χ3v) is 3.92. The summed E-state index contributed by atoms with van der Waals surface area (Å²) in [6, 6.07) is 0. The predicted molar refractivity (Wildman–Crippen MR) is 54.6 cm³/mol. The summed E-state index contributed by atoms with van der Waals surface area (Å²) < 4.78 is 5.25. The molecule has 0 radical (unpaired) electrons. The maximum Gasteiger partial charge on any atom is 0.110 e. The molecule has 1 aliphatic heterocycles. The van der Waals surface area contributed by atoms with Gasteiger partial charge in [0.15, 0.2) is 0 Å². The monoisotopic (exact) mass is 272 g/mol. The van der Waals surface area contributed by atoms with Crippen LogP contribution in [0.15, 0.2) is 0 Å². The van der Waals surface area contributed by atoms with E-state index in [4.69, 9.17) is 3.07 Å². The standard InChI is InChI=1S/C7H13IOS/c1-6(9-8)7-2-4-10-5-3-7/h6-7H,2-5H2,1H3. The van der Waals surface area contributed by atoms with Gasteiger partial charge in [0.05, 0.1) is 6.10 Å². The van der Waals surface area contributed by atoms with E-state index in [1.54, 1.807) is 0 Å². The van der Waals surface area contributed by atoms with Crippen LogP contribution >= 0.6 is 34.8 Å². The molecule has 0 N–H and O–H groups in total. The average Bonchev–Trinajstić information content (AvgIpc) is 2.05. The first-order valence-electron chi connectivity index (χ1n) is 3.69. The predicted octanol–water partition coefficient (Wildman–Crippen LogP) is 2.88. The lowest BCUT2D eigenvalue weighted by Gasteiger charge is -2.25. The van der Waals surface area contributed by atoms with E-state index in [0.717, 1.165) is 5.92 Å². The molecule has 0 aromatic carbocycles. The second-order valence-corrected chi connectivity index (χ2v) is 4.48. The van der Waals surface area contributed by atoms with Gasteiger partial charge >= 0.3 is 0 Å². The van der Waals surface area contributed by atoms with Crippen molar-refractivity contribution < 1.29 is 3.07 Å². The molecule has 0 spiro atoms. The molecular weight excluding hydrogens is 259 g/mol. The van der Waals surface area contributed by atoms with Crippen molar-refractivity contribution in [2.45, 2.75) is 25.9 Å². The molecular formula is C7H13IOS. The van der Waals surface area contributed by atoms with E-state index < -0.39 is 0 Å². The fourth-order valence-electron chi connectivity index (χ4n) is 1.26. The summed E-state index contributed by atoms with van der Waals surface area (Å²) in [6.45, 7) is 2.17. The first-order valence-corrected chi connectivity index (χ1v) is 5.73. The van der Waals surface area contributed by atoms with E-state index in [0.29, 0.717) is 6.10 Å². The minimum atomic E-state index is 0.460. The van der Waals surface area contributed by atoms with Crippen LogP contribution in [0.1, 0.15) is 19.8 Å². The summed E-state index contributed by atoms with van der Waals surface area (Å²) in [7, 11) is 0. The van der Waals surface area contributed by atoms with Crippen molar-refractivity contribution in [1.29, 1.82) is 0 Å². The summed E-state index contributed by atoms with van der Waals surface area (Å²) >= 11 is 4.08. The summed E-state index contributed by atoms with van der Waals surface area (Å²) in [5, 5.41) is 0. The minimum Gasteiger partial charge on any atom is -0.312 e. The fraction of sp³-hybridized carbons (Fsp3) is 1.00. The van der Waals surface area contributed by atoms with E-state index in [2.05, 4.69) is 18.7 Å². The normalized spacial score (nSPS) is 24.6. The Balaban J connectivity index is 2.24. The summed E-state index contributed by atoms with van der Waals surface area (Å²) in [5.41, 5.74) is 0. The first kappa shape index (κ1) is 9.13. The largest absolute Gasteiger partial charge is 0.312 e. The Morgan fingerprint density at radius 1 is 1.50 bits per heavy atom. The van der Waals surface area contributed by atoms with Gasteiger partial charge in [0, 0.05) is 0 Å². The molecule has 0 aliphatic carbocycles. The Morgan fingerprint density at radius 2 is 2.10 bits per heavy atom. The number of thioether (sulfide) groups is 1. The molecule has 10 heavy (non-hydrogen) atoms. The van der Waals surface area contributed by atoms with Gasteiger partial charge in [-0.3, -0.25) is 0 Å². The Kier molecular flexibility index (Phi) is 4.41. The number of hydrogen-bond acceptors (Lipinski definition) is 2. The lowest BCUT2D eigenvalue weighted by Crippen LogP contribution is -2.21. The van der Waals surface area contributed by atoms with Gasteiger partial charge in [0.2, 0.25) is 0 Å². The van der Waals surface area contributed by atoms with Crippen molar-refractivity contribution in [3.05, 3.63) is 0 Å². The lowest BCUT2D eigenvalue weighted by molar-refractivity contribution is 0.202. The molecule has 0 bridgehead atoms. The van der Waals surface area contributed by atoms with Gasteiger partial charge in [-0.25, -0.2) is 0 Å². The highest BCUT2D eigenvalue weighted by atomic mass is 127. The highest BCUT2D eigenvalue weighted by Crippen LogP contribution is 2.27. The van der Waals surface area contributed by atoms with Crippen LogP contribution in [0.5, 0.6) is 0 Å². The molecule has 1 fully saturated rings. The summed E-state index contributed by atoms with van der Waals surface area (Å²) in [5.74, 6) is 3.47. The second kappa shape index (κ2) is 4.83. The highest BCUT2D eigenvalue weighted by molar-refractivity contribution is 14.1. The van der Waals surface area contributed by atoms with Gasteiger partial charge in [-0.05, 0) is 37.2 Å². The van der Waals surface area contributed by atoms with Crippen LogP contribution in [0.25, 0.3) is 0 Å². The Bertz CT molecular complexity index is 93.6. The molecule has 1 unspecified atom stereocenters. The molecule has 0 aromatic heterocycles. The first-order chi connectivity index (χ1) is 4.84. The van der Waals surface area contributed by atoms with Gasteiger partial charge in [-0.1, -0.05) is 0 Å². The molecule has 3 heteroatoms. The molecule has 60 valence electrons. The number of rotatable bonds is 2. The molecule has 1 heterocycles. The van der Waals surface area contributed by atoms with E-state index in [-0.39, 0.29) is 0 Å². The molecule has 0 saturated carbocycles. The molecule has 1 nitrogen and oxygen atoms in total. The Hall–Kier alpha value is 1.04. The van der Waals surface area contributed by atoms with Crippen molar-refractivity contribution in [2.75, 3.05) is 11.5 Å². The molecule has 1 rings (SSSR count). The van der Waals surface area contributed by atoms with Crippen LogP contribution < -0.4 is 0 Å². The fourth-order valence-corrected chi connectivity index (χ4v) is 2.82. The van der Waals surface area contributed by atoms with Crippen molar-refractivity contribution >= 4 is 34.8 Å². The minimum absolute atomic E-state index is 0.460. The van der Waals surface area contributed by atoms with Gasteiger partial charge in [-0.2, -0.15) is 11.8 Å². The van der Waals surface area contributed by atoms with E-state index in [1.165, 1.54) is 24.3 Å². The maximum atomic E-state index is 5.25. The van der Waals surface area contributed by atoms with Crippen LogP contribution in [0.2, 0.25) is 0 Å². The Morgan fingerprint density at radius 3 is 2.60 bits per heavy atom. The highest BCUT2D eigenvalue weighted by Gasteiger charge is 2.19. The topological polar surface area (TPSA) is 9.23 Å². The zero-order valence-corrected chi connectivity index (χ0v) is 9.15. The third-order valence-electron chi connectivity index (χ3n) is 2.07. The summed E-state index contributed by atoms with van der Waals surface area (Å²) in [4.78, 5) is 0. The third kappa shape index (κ3) is 2.58. The SMILES string of the molecule is CC(OI)C1CCSCC1. The van der Waals surface area contributed by atoms with Crippen LogP contribution in [0.3, 0.4) is 0 Å². The van der Waals surface area contributed by atoms with Crippen molar-refractivity contribution in [3.8, 4) is 0 Å². The molecule has 0 amide bonds. The van der Waals surface area contributed by atoms with Gasteiger partial charge < -0.3 is 3.07 Å². The smallest absolute Gasteiger partial charge is 0.110 e. The molecule has 1 aliphatic rings. The molecule has 0 aromatic rings. The Labute approximate surface area is 81.0 Å². The quantitative estimate of drug-likeness (QED) is 0.715. The zero-order chi connectivity index (χ0) is 7.40. The van der Waals surface area contributed by atoms with Gasteiger partial charge in [0.1, 0.15) is 23.0 Å². The van der Waals surface area contributed by atoms with E-state index >= 15 is 0 Å². The zero-order valence-electron chi connectivity index (χ0n) is 6.18. The van der Waals surface area contributed by atoms with E-state index in [9.17, 15) is 0 Å². The maximum absolute atomic E-state index is 5.25. The van der Waals surface area contributed by atoms with Crippen LogP contribution in [0.4, 0.5) is 0 Å². The van der Waals surface area contributed by atoms with Crippen LogP contribution in [0, 0.1) is 5.92 Å². The van der Waals surface area contributed by atoms with Crippen molar-refractivity contribution in [2.24, 2.45) is 5.92 Å². The second-order valence-electron chi connectivity index (χ2n) is 2.74. The van der Waals surface area contributed by atoms with Crippen molar-refractivity contribution in [1.82, 2.24) is 0 Å². The molecule has 1 saturated heterocycles.